The van der Waals surface area contributed by atoms with E-state index in [0.29, 0.717) is 12.1 Å². The molecule has 0 aliphatic carbocycles. The first-order chi connectivity index (χ1) is 4.66. The maximum Gasteiger partial charge on any atom is 0.0649 e. The maximum atomic E-state index is 9.72. The molecule has 2 heterocycles. The minimum Gasteiger partial charge on any atom is -0.390 e. The third kappa shape index (κ3) is 1.06. The molecule has 0 aromatic heterocycles. The van der Waals surface area contributed by atoms with E-state index in [0.717, 1.165) is 12.8 Å². The smallest absolute Gasteiger partial charge is 0.0649 e. The Hall–Kier alpha value is -0.0800. The lowest BCUT2D eigenvalue weighted by Crippen LogP contribution is -2.46. The Morgan fingerprint density at radius 2 is 1.80 bits per heavy atom. The molecule has 2 aliphatic rings. The van der Waals surface area contributed by atoms with Gasteiger partial charge in [-0.3, -0.25) is 0 Å². The Morgan fingerprint density at radius 1 is 1.30 bits per heavy atom. The third-order valence-electron chi connectivity index (χ3n) is 2.71. The Morgan fingerprint density at radius 3 is 2.30 bits per heavy atom. The van der Waals surface area contributed by atoms with Gasteiger partial charge in [0.15, 0.2) is 0 Å². The highest BCUT2D eigenvalue weighted by atomic mass is 16.3. The number of hydrogen-bond acceptors (Lipinski definition) is 2. The van der Waals surface area contributed by atoms with Crippen LogP contribution in [0.3, 0.4) is 0 Å². The van der Waals surface area contributed by atoms with Crippen LogP contribution in [0.2, 0.25) is 0 Å². The predicted octanol–water partition coefficient (Wildman–Crippen LogP) is 0.652. The standard InChI is InChI=1S/C8H15NO/c1-8(10)4-6-2-3-7(5-8)9-6/h6-7,9-10H,2-5H2,1H3/t6-,7-/m0/s1. The van der Waals surface area contributed by atoms with E-state index in [4.69, 9.17) is 0 Å². The van der Waals surface area contributed by atoms with E-state index in [1.54, 1.807) is 0 Å². The van der Waals surface area contributed by atoms with Crippen LogP contribution in [0.4, 0.5) is 0 Å². The molecule has 10 heavy (non-hydrogen) atoms. The average molecular weight is 141 g/mol. The van der Waals surface area contributed by atoms with E-state index < -0.39 is 0 Å². The fraction of sp³-hybridized carbons (Fsp3) is 1.00. The summed E-state index contributed by atoms with van der Waals surface area (Å²) in [7, 11) is 0. The summed E-state index contributed by atoms with van der Waals surface area (Å²) in [5.41, 5.74) is -0.378. The molecule has 0 unspecified atom stereocenters. The van der Waals surface area contributed by atoms with Crippen molar-refractivity contribution in [2.45, 2.75) is 50.3 Å². The molecular weight excluding hydrogens is 126 g/mol. The highest BCUT2D eigenvalue weighted by Crippen LogP contribution is 2.33. The molecule has 0 amide bonds. The van der Waals surface area contributed by atoms with Gasteiger partial charge < -0.3 is 10.4 Å². The monoisotopic (exact) mass is 141 g/mol. The zero-order valence-corrected chi connectivity index (χ0v) is 6.43. The number of rotatable bonds is 0. The minimum atomic E-state index is -0.378. The summed E-state index contributed by atoms with van der Waals surface area (Å²) in [6, 6.07) is 1.21. The number of fused-ring (bicyclic) bond motifs is 2. The second-order valence-corrected chi connectivity index (χ2v) is 4.04. The van der Waals surface area contributed by atoms with Gasteiger partial charge in [0.25, 0.3) is 0 Å². The minimum absolute atomic E-state index is 0.378. The molecule has 0 radical (unpaired) electrons. The summed E-state index contributed by atoms with van der Waals surface area (Å²) in [6.45, 7) is 1.96. The van der Waals surface area contributed by atoms with Crippen LogP contribution in [-0.2, 0) is 0 Å². The molecule has 2 bridgehead atoms. The summed E-state index contributed by atoms with van der Waals surface area (Å²) >= 11 is 0. The third-order valence-corrected chi connectivity index (χ3v) is 2.71. The fourth-order valence-electron chi connectivity index (χ4n) is 2.37. The number of aliphatic hydroxyl groups is 1. The van der Waals surface area contributed by atoms with E-state index in [1.807, 2.05) is 6.92 Å². The Balaban J connectivity index is 2.09. The SMILES string of the molecule is CC1(O)C[C@@H]2CC[C@@H](C1)N2. The van der Waals surface area contributed by atoms with E-state index in [9.17, 15) is 5.11 Å². The highest BCUT2D eigenvalue weighted by molar-refractivity contribution is 4.97. The molecule has 2 nitrogen and oxygen atoms in total. The van der Waals surface area contributed by atoms with Crippen molar-refractivity contribution >= 4 is 0 Å². The van der Waals surface area contributed by atoms with Gasteiger partial charge in [0.1, 0.15) is 0 Å². The van der Waals surface area contributed by atoms with Crippen molar-refractivity contribution in [1.29, 1.82) is 0 Å². The Bertz CT molecular complexity index is 130. The molecule has 0 spiro atoms. The summed E-state index contributed by atoms with van der Waals surface area (Å²) in [4.78, 5) is 0. The van der Waals surface area contributed by atoms with Gasteiger partial charge in [0.2, 0.25) is 0 Å². The molecule has 2 fully saturated rings. The first kappa shape index (κ1) is 6.62. The van der Waals surface area contributed by atoms with Crippen LogP contribution < -0.4 is 5.32 Å². The second kappa shape index (κ2) is 1.95. The number of piperidine rings is 1. The van der Waals surface area contributed by atoms with Crippen LogP contribution >= 0.6 is 0 Å². The van der Waals surface area contributed by atoms with Crippen LogP contribution in [0.15, 0.2) is 0 Å². The first-order valence-corrected chi connectivity index (χ1v) is 4.14. The summed E-state index contributed by atoms with van der Waals surface area (Å²) in [5, 5.41) is 13.2. The molecular formula is C8H15NO. The Kier molecular flexibility index (Phi) is 1.29. The average Bonchev–Trinajstić information content (AvgIpc) is 2.08. The van der Waals surface area contributed by atoms with Crippen LogP contribution in [0, 0.1) is 0 Å². The molecule has 2 atom stereocenters. The van der Waals surface area contributed by atoms with Crippen LogP contribution in [0.25, 0.3) is 0 Å². The molecule has 58 valence electrons. The topological polar surface area (TPSA) is 32.3 Å². The highest BCUT2D eigenvalue weighted by Gasteiger charge is 2.38. The van der Waals surface area contributed by atoms with Crippen molar-refractivity contribution in [3.8, 4) is 0 Å². The molecule has 2 heteroatoms. The fourth-order valence-corrected chi connectivity index (χ4v) is 2.37. The zero-order chi connectivity index (χ0) is 7.19. The van der Waals surface area contributed by atoms with E-state index in [1.165, 1.54) is 12.8 Å². The van der Waals surface area contributed by atoms with Crippen LogP contribution in [-0.4, -0.2) is 22.8 Å². The molecule has 2 aliphatic heterocycles. The number of nitrogens with one attached hydrogen (secondary N) is 1. The lowest BCUT2D eigenvalue weighted by atomic mass is 9.90. The van der Waals surface area contributed by atoms with Crippen molar-refractivity contribution in [3.63, 3.8) is 0 Å². The normalized spacial score (nSPS) is 53.4. The van der Waals surface area contributed by atoms with Crippen molar-refractivity contribution < 1.29 is 5.11 Å². The largest absolute Gasteiger partial charge is 0.390 e. The predicted molar refractivity (Wildman–Crippen MR) is 39.8 cm³/mol. The number of hydrogen-bond donors (Lipinski definition) is 2. The lowest BCUT2D eigenvalue weighted by molar-refractivity contribution is 0.0111. The molecule has 2 rings (SSSR count). The van der Waals surface area contributed by atoms with Gasteiger partial charge in [0, 0.05) is 12.1 Å². The summed E-state index contributed by atoms with van der Waals surface area (Å²) in [5.74, 6) is 0. The second-order valence-electron chi connectivity index (χ2n) is 4.04. The molecule has 0 saturated carbocycles. The summed E-state index contributed by atoms with van der Waals surface area (Å²) < 4.78 is 0. The first-order valence-electron chi connectivity index (χ1n) is 4.14. The summed E-state index contributed by atoms with van der Waals surface area (Å²) in [6.07, 6.45) is 4.43. The zero-order valence-electron chi connectivity index (χ0n) is 6.43. The van der Waals surface area contributed by atoms with Gasteiger partial charge in [0.05, 0.1) is 5.60 Å². The maximum absolute atomic E-state index is 9.72. The van der Waals surface area contributed by atoms with Gasteiger partial charge in [-0.15, -0.1) is 0 Å². The van der Waals surface area contributed by atoms with Crippen LogP contribution in [0.5, 0.6) is 0 Å². The van der Waals surface area contributed by atoms with Crippen LogP contribution in [0.1, 0.15) is 32.6 Å². The quantitative estimate of drug-likeness (QED) is 0.519. The van der Waals surface area contributed by atoms with Crippen molar-refractivity contribution in [3.05, 3.63) is 0 Å². The molecule has 0 aromatic rings. The van der Waals surface area contributed by atoms with Gasteiger partial charge in [-0.2, -0.15) is 0 Å². The van der Waals surface area contributed by atoms with Crippen molar-refractivity contribution in [1.82, 2.24) is 5.32 Å². The van der Waals surface area contributed by atoms with Crippen molar-refractivity contribution in [2.24, 2.45) is 0 Å². The van der Waals surface area contributed by atoms with E-state index >= 15 is 0 Å². The van der Waals surface area contributed by atoms with E-state index in [-0.39, 0.29) is 5.60 Å². The molecule has 2 saturated heterocycles. The lowest BCUT2D eigenvalue weighted by Gasteiger charge is -2.33. The van der Waals surface area contributed by atoms with Gasteiger partial charge >= 0.3 is 0 Å². The Labute approximate surface area is 61.6 Å². The van der Waals surface area contributed by atoms with Gasteiger partial charge in [-0.1, -0.05) is 0 Å². The van der Waals surface area contributed by atoms with Gasteiger partial charge in [-0.25, -0.2) is 0 Å². The molecule has 0 aromatic carbocycles. The van der Waals surface area contributed by atoms with Crippen molar-refractivity contribution in [2.75, 3.05) is 0 Å². The molecule has 2 N–H and O–H groups in total. The van der Waals surface area contributed by atoms with Gasteiger partial charge in [-0.05, 0) is 32.6 Å². The van der Waals surface area contributed by atoms with E-state index in [2.05, 4.69) is 5.32 Å².